The van der Waals surface area contributed by atoms with Gasteiger partial charge in [0.25, 0.3) is 0 Å². The SMILES string of the molecule is C=O.CCC1CCN(Cc2cnc(C(c3ccccc3)C3CCCCC3)o2)CC1OCc1ccc(C#N)cc1. The van der Waals surface area contributed by atoms with E-state index in [1.165, 1.54) is 37.7 Å². The summed E-state index contributed by atoms with van der Waals surface area (Å²) in [6.07, 6.45) is 10.8. The minimum Gasteiger partial charge on any atom is -0.444 e. The van der Waals surface area contributed by atoms with Gasteiger partial charge in [0.2, 0.25) is 5.89 Å². The number of hydrogen-bond donors (Lipinski definition) is 0. The van der Waals surface area contributed by atoms with Crippen LogP contribution in [0.25, 0.3) is 0 Å². The Balaban J connectivity index is 0.00000172. The maximum Gasteiger partial charge on any atom is 0.202 e. The Labute approximate surface area is 233 Å². The number of hydrogen-bond acceptors (Lipinski definition) is 6. The molecule has 1 aromatic heterocycles. The van der Waals surface area contributed by atoms with Gasteiger partial charge in [-0.15, -0.1) is 0 Å². The zero-order valence-electron chi connectivity index (χ0n) is 23.1. The molecular formula is C33H41N3O3. The van der Waals surface area contributed by atoms with Crippen LogP contribution < -0.4 is 0 Å². The molecule has 2 heterocycles. The molecule has 2 fully saturated rings. The number of nitrogens with zero attached hydrogens (tertiary/aromatic N) is 3. The van der Waals surface area contributed by atoms with Crippen molar-refractivity contribution in [3.8, 4) is 6.07 Å². The van der Waals surface area contributed by atoms with Gasteiger partial charge in [0.05, 0.1) is 43.0 Å². The molecule has 0 N–H and O–H groups in total. The van der Waals surface area contributed by atoms with Crippen LogP contribution in [-0.4, -0.2) is 35.9 Å². The monoisotopic (exact) mass is 527 g/mol. The molecule has 3 aromatic rings. The van der Waals surface area contributed by atoms with Gasteiger partial charge in [-0.1, -0.05) is 75.1 Å². The van der Waals surface area contributed by atoms with Crippen LogP contribution >= 0.6 is 0 Å². The Hall–Kier alpha value is -3.27. The average Bonchev–Trinajstić information content (AvgIpc) is 3.46. The third-order valence-electron chi connectivity index (χ3n) is 8.35. The molecular weight excluding hydrogens is 486 g/mol. The number of oxazole rings is 1. The third kappa shape index (κ3) is 7.65. The zero-order valence-corrected chi connectivity index (χ0v) is 23.1. The lowest BCUT2D eigenvalue weighted by atomic mass is 9.77. The summed E-state index contributed by atoms with van der Waals surface area (Å²) in [6.45, 7) is 7.56. The highest BCUT2D eigenvalue weighted by Gasteiger charge is 2.32. The standard InChI is InChI=1S/C32H39N3O2.CH2O/c1-2-26-17-18-35(22-30(26)36-23-25-15-13-24(19-33)14-16-25)21-29-20-34-32(37-29)31(27-9-5-3-6-10-27)28-11-7-4-8-12-28;1-2/h3,5-6,9-10,13-16,20,26,28,30-31H,2,4,7-8,11-12,17-18,21-23H2,1H3;1H2. The predicted molar refractivity (Wildman–Crippen MR) is 152 cm³/mol. The smallest absolute Gasteiger partial charge is 0.202 e. The predicted octanol–water partition coefficient (Wildman–Crippen LogP) is 6.89. The lowest BCUT2D eigenvalue weighted by Crippen LogP contribution is -2.44. The van der Waals surface area contributed by atoms with Gasteiger partial charge in [-0.2, -0.15) is 5.26 Å². The molecule has 6 heteroatoms. The van der Waals surface area contributed by atoms with E-state index in [1.807, 2.05) is 37.3 Å². The fraction of sp³-hybridized carbons (Fsp3) is 0.485. The van der Waals surface area contributed by atoms with E-state index in [4.69, 9.17) is 24.2 Å². The number of ether oxygens (including phenoxy) is 1. The summed E-state index contributed by atoms with van der Waals surface area (Å²) in [5.74, 6) is 3.24. The van der Waals surface area contributed by atoms with Crippen molar-refractivity contribution in [2.75, 3.05) is 13.1 Å². The highest BCUT2D eigenvalue weighted by Crippen LogP contribution is 2.40. The zero-order chi connectivity index (χ0) is 27.5. The number of benzene rings is 2. The summed E-state index contributed by atoms with van der Waals surface area (Å²) in [4.78, 5) is 15.3. The van der Waals surface area contributed by atoms with Gasteiger partial charge < -0.3 is 13.9 Å². The molecule has 1 aliphatic heterocycles. The summed E-state index contributed by atoms with van der Waals surface area (Å²) in [7, 11) is 0. The third-order valence-corrected chi connectivity index (χ3v) is 8.35. The van der Waals surface area contributed by atoms with Crippen LogP contribution in [0.2, 0.25) is 0 Å². The molecule has 1 saturated heterocycles. The first-order chi connectivity index (χ1) is 19.2. The summed E-state index contributed by atoms with van der Waals surface area (Å²) in [6, 6.07) is 20.7. The molecule has 206 valence electrons. The molecule has 2 aliphatic rings. The van der Waals surface area contributed by atoms with Gasteiger partial charge in [0, 0.05) is 6.54 Å². The first kappa shape index (κ1) is 28.7. The normalized spacial score (nSPS) is 20.9. The van der Waals surface area contributed by atoms with Crippen molar-refractivity contribution in [2.45, 2.75) is 77.0 Å². The summed E-state index contributed by atoms with van der Waals surface area (Å²) < 4.78 is 12.9. The number of piperidine rings is 1. The minimum absolute atomic E-state index is 0.191. The van der Waals surface area contributed by atoms with Crippen LogP contribution in [0.3, 0.4) is 0 Å². The Bertz CT molecular complexity index is 1160. The number of carbonyl (C=O) groups excluding carboxylic acids is 1. The van der Waals surface area contributed by atoms with E-state index < -0.39 is 0 Å². The Morgan fingerprint density at radius 2 is 1.82 bits per heavy atom. The fourth-order valence-electron chi connectivity index (χ4n) is 6.21. The molecule has 0 radical (unpaired) electrons. The first-order valence-electron chi connectivity index (χ1n) is 14.3. The lowest BCUT2D eigenvalue weighted by Gasteiger charge is -2.37. The van der Waals surface area contributed by atoms with Crippen LogP contribution in [0.15, 0.2) is 65.2 Å². The molecule has 0 spiro atoms. The van der Waals surface area contributed by atoms with E-state index in [2.05, 4.69) is 48.2 Å². The van der Waals surface area contributed by atoms with Crippen molar-refractivity contribution in [1.82, 2.24) is 9.88 Å². The quantitative estimate of drug-likeness (QED) is 0.301. The summed E-state index contributed by atoms with van der Waals surface area (Å²) in [5, 5.41) is 9.04. The number of carbonyl (C=O) groups is 1. The summed E-state index contributed by atoms with van der Waals surface area (Å²) in [5.41, 5.74) is 3.12. The second-order valence-electron chi connectivity index (χ2n) is 10.8. The summed E-state index contributed by atoms with van der Waals surface area (Å²) >= 11 is 0. The Morgan fingerprint density at radius 3 is 2.51 bits per heavy atom. The van der Waals surface area contributed by atoms with Gasteiger partial charge >= 0.3 is 0 Å². The van der Waals surface area contributed by atoms with Gasteiger partial charge in [0.15, 0.2) is 0 Å². The van der Waals surface area contributed by atoms with E-state index in [-0.39, 0.29) is 12.0 Å². The maximum atomic E-state index is 9.04. The minimum atomic E-state index is 0.191. The average molecular weight is 528 g/mol. The Kier molecular flexibility index (Phi) is 10.9. The number of nitriles is 1. The first-order valence-corrected chi connectivity index (χ1v) is 14.3. The lowest BCUT2D eigenvalue weighted by molar-refractivity contribution is -0.0980. The molecule has 3 atom stereocenters. The highest BCUT2D eigenvalue weighted by atomic mass is 16.5. The van der Waals surface area contributed by atoms with Crippen LogP contribution in [0.4, 0.5) is 0 Å². The van der Waals surface area contributed by atoms with Crippen LogP contribution in [0, 0.1) is 23.2 Å². The van der Waals surface area contributed by atoms with Crippen molar-refractivity contribution in [3.63, 3.8) is 0 Å². The molecule has 1 saturated carbocycles. The molecule has 6 nitrogen and oxygen atoms in total. The largest absolute Gasteiger partial charge is 0.444 e. The molecule has 5 rings (SSSR count). The van der Waals surface area contributed by atoms with E-state index in [1.54, 1.807) is 0 Å². The van der Waals surface area contributed by atoms with Crippen molar-refractivity contribution in [2.24, 2.45) is 11.8 Å². The second kappa shape index (κ2) is 14.8. The number of rotatable bonds is 9. The van der Waals surface area contributed by atoms with Gasteiger partial charge in [-0.25, -0.2) is 4.98 Å². The van der Waals surface area contributed by atoms with Gasteiger partial charge in [-0.3, -0.25) is 4.90 Å². The number of aromatic nitrogens is 1. The highest BCUT2D eigenvalue weighted by molar-refractivity contribution is 5.31. The Morgan fingerprint density at radius 1 is 1.08 bits per heavy atom. The topological polar surface area (TPSA) is 79.4 Å². The molecule has 0 bridgehead atoms. The van der Waals surface area contributed by atoms with Crippen molar-refractivity contribution >= 4 is 6.79 Å². The van der Waals surface area contributed by atoms with E-state index >= 15 is 0 Å². The molecule has 3 unspecified atom stereocenters. The van der Waals surface area contributed by atoms with Crippen LogP contribution in [0.5, 0.6) is 0 Å². The van der Waals surface area contributed by atoms with Crippen LogP contribution in [-0.2, 0) is 22.7 Å². The molecule has 0 amide bonds. The van der Waals surface area contributed by atoms with E-state index in [0.29, 0.717) is 24.0 Å². The van der Waals surface area contributed by atoms with Gasteiger partial charge in [-0.05, 0) is 60.9 Å². The fourth-order valence-corrected chi connectivity index (χ4v) is 6.21. The van der Waals surface area contributed by atoms with Crippen molar-refractivity contribution < 1.29 is 13.9 Å². The van der Waals surface area contributed by atoms with Crippen molar-refractivity contribution in [3.05, 3.63) is 89.1 Å². The van der Waals surface area contributed by atoms with Gasteiger partial charge in [0.1, 0.15) is 12.5 Å². The van der Waals surface area contributed by atoms with Crippen LogP contribution in [0.1, 0.15) is 86.1 Å². The van der Waals surface area contributed by atoms with Crippen molar-refractivity contribution in [1.29, 1.82) is 5.26 Å². The van der Waals surface area contributed by atoms with E-state index in [9.17, 15) is 0 Å². The van der Waals surface area contributed by atoms with E-state index in [0.717, 1.165) is 49.7 Å². The molecule has 39 heavy (non-hydrogen) atoms. The molecule has 2 aromatic carbocycles. The maximum absolute atomic E-state index is 9.04. The number of likely N-dealkylation sites (tertiary alicyclic amines) is 1. The second-order valence-corrected chi connectivity index (χ2v) is 10.8. The molecule has 1 aliphatic carbocycles.